The van der Waals surface area contributed by atoms with Gasteiger partial charge in [0, 0.05) is 37.0 Å². The van der Waals surface area contributed by atoms with Crippen LogP contribution in [0.5, 0.6) is 0 Å². The second kappa shape index (κ2) is 6.57. The minimum atomic E-state index is -0.444. The summed E-state index contributed by atoms with van der Waals surface area (Å²) in [6, 6.07) is 0. The van der Waals surface area contributed by atoms with Crippen molar-refractivity contribution in [3.05, 3.63) is 28.0 Å². The fourth-order valence-electron chi connectivity index (χ4n) is 1.63. The number of esters is 1. The van der Waals surface area contributed by atoms with E-state index < -0.39 is 5.97 Å². The van der Waals surface area contributed by atoms with Gasteiger partial charge in [0.05, 0.1) is 17.7 Å². The van der Waals surface area contributed by atoms with Gasteiger partial charge in [-0.05, 0) is 0 Å². The summed E-state index contributed by atoms with van der Waals surface area (Å²) in [7, 11) is 1.33. The lowest BCUT2D eigenvalue weighted by Crippen LogP contribution is -2.25. The summed E-state index contributed by atoms with van der Waals surface area (Å²) in [6.45, 7) is 5.56. The maximum atomic E-state index is 11.4. The van der Waals surface area contributed by atoms with Crippen LogP contribution in [-0.4, -0.2) is 24.6 Å². The van der Waals surface area contributed by atoms with E-state index in [2.05, 4.69) is 15.0 Å². The average molecular weight is 257 g/mol. The molecule has 0 aromatic carbocycles. The zero-order chi connectivity index (χ0) is 12.8. The number of hydrogen-bond donors (Lipinski definition) is 1. The summed E-state index contributed by atoms with van der Waals surface area (Å²) in [5.41, 5.74) is 2.21. The Labute approximate surface area is 106 Å². The van der Waals surface area contributed by atoms with Crippen LogP contribution in [-0.2, 0) is 17.7 Å². The van der Waals surface area contributed by atoms with Gasteiger partial charge >= 0.3 is 5.97 Å². The number of ether oxygens (including phenoxy) is 1. The van der Waals surface area contributed by atoms with E-state index in [1.54, 1.807) is 0 Å². The Hall–Kier alpha value is -1.13. The third-order valence-electron chi connectivity index (χ3n) is 2.44. The van der Waals surface area contributed by atoms with Crippen LogP contribution in [0.4, 0.5) is 0 Å². The molecule has 0 bridgehead atoms. The van der Waals surface area contributed by atoms with Crippen LogP contribution >= 0.6 is 11.6 Å². The summed E-state index contributed by atoms with van der Waals surface area (Å²) >= 11 is 6.12. The molecule has 2 rings (SSSR count). The van der Waals surface area contributed by atoms with Crippen molar-refractivity contribution in [1.29, 1.82) is 0 Å². The topological polar surface area (TPSA) is 51.2 Å². The predicted molar refractivity (Wildman–Crippen MR) is 67.3 cm³/mol. The van der Waals surface area contributed by atoms with Gasteiger partial charge in [0.25, 0.3) is 0 Å². The smallest absolute Gasteiger partial charge is 0.340 e. The van der Waals surface area contributed by atoms with Crippen LogP contribution in [0.15, 0.2) is 6.20 Å². The molecule has 1 aliphatic heterocycles. The molecule has 0 atom stereocenters. The van der Waals surface area contributed by atoms with E-state index in [1.165, 1.54) is 13.3 Å². The molecular formula is C12H17ClN2O2. The van der Waals surface area contributed by atoms with Gasteiger partial charge in [0.15, 0.2) is 0 Å². The van der Waals surface area contributed by atoms with Crippen LogP contribution in [0.1, 0.15) is 35.5 Å². The summed E-state index contributed by atoms with van der Waals surface area (Å²) in [6.07, 6.45) is 2.33. The molecule has 94 valence electrons. The molecule has 1 N–H and O–H groups in total. The lowest BCUT2D eigenvalue weighted by atomic mass is 10.1. The molecule has 1 aromatic heterocycles. The quantitative estimate of drug-likeness (QED) is 0.783. The van der Waals surface area contributed by atoms with Crippen molar-refractivity contribution in [2.75, 3.05) is 13.7 Å². The Morgan fingerprint density at radius 1 is 1.53 bits per heavy atom. The Balaban J connectivity index is 0.000000686. The van der Waals surface area contributed by atoms with Crippen molar-refractivity contribution in [1.82, 2.24) is 10.3 Å². The van der Waals surface area contributed by atoms with Crippen molar-refractivity contribution in [3.63, 3.8) is 0 Å². The zero-order valence-corrected chi connectivity index (χ0v) is 11.1. The van der Waals surface area contributed by atoms with Gasteiger partial charge in [-0.15, -0.1) is 0 Å². The first kappa shape index (κ1) is 13.9. The highest BCUT2D eigenvalue weighted by atomic mass is 35.5. The Bertz CT molecular complexity index is 408. The van der Waals surface area contributed by atoms with E-state index in [9.17, 15) is 4.79 Å². The number of pyridine rings is 1. The number of carbonyl (C=O) groups excluding carboxylic acids is 1. The van der Waals surface area contributed by atoms with Crippen molar-refractivity contribution in [3.8, 4) is 0 Å². The zero-order valence-electron chi connectivity index (χ0n) is 10.3. The van der Waals surface area contributed by atoms with Gasteiger partial charge in [0.2, 0.25) is 0 Å². The Kier molecular flexibility index (Phi) is 5.38. The number of nitrogens with one attached hydrogen (secondary N) is 1. The van der Waals surface area contributed by atoms with Crippen LogP contribution in [0, 0.1) is 0 Å². The van der Waals surface area contributed by atoms with E-state index in [1.807, 2.05) is 13.8 Å². The van der Waals surface area contributed by atoms with Gasteiger partial charge < -0.3 is 10.1 Å². The number of methoxy groups -OCH3 is 1. The first-order chi connectivity index (χ1) is 8.24. The molecule has 0 fully saturated rings. The highest BCUT2D eigenvalue weighted by Crippen LogP contribution is 2.25. The number of nitrogens with zero attached hydrogens (tertiary/aromatic N) is 1. The molecule has 0 spiro atoms. The van der Waals surface area contributed by atoms with Crippen molar-refractivity contribution in [2.24, 2.45) is 0 Å². The normalized spacial score (nSPS) is 13.2. The molecule has 4 nitrogen and oxygen atoms in total. The number of halogens is 1. The number of aromatic nitrogens is 1. The van der Waals surface area contributed by atoms with Crippen molar-refractivity contribution >= 4 is 17.6 Å². The largest absolute Gasteiger partial charge is 0.465 e. The summed E-state index contributed by atoms with van der Waals surface area (Å²) in [4.78, 5) is 15.6. The number of carbonyl (C=O) groups is 1. The molecule has 0 saturated carbocycles. The molecule has 17 heavy (non-hydrogen) atoms. The molecule has 0 amide bonds. The molecule has 0 saturated heterocycles. The lowest BCUT2D eigenvalue weighted by molar-refractivity contribution is 0.0600. The predicted octanol–water partition coefficient (Wildman–Crippen LogP) is 2.19. The average Bonchev–Trinajstić information content (AvgIpc) is 2.41. The SMILES string of the molecule is CC.COC(=O)c1cnc2c(c1Cl)CNCC2. The molecule has 1 aliphatic rings. The van der Waals surface area contributed by atoms with Crippen LogP contribution in [0.2, 0.25) is 5.02 Å². The minimum absolute atomic E-state index is 0.335. The summed E-state index contributed by atoms with van der Waals surface area (Å²) in [5, 5.41) is 3.65. The van der Waals surface area contributed by atoms with E-state index in [4.69, 9.17) is 11.6 Å². The standard InChI is InChI=1S/C10H11ClN2O2.C2H6/c1-15-10(14)7-5-13-8-2-3-12-4-6(8)9(7)11;1-2/h5,12H,2-4H2,1H3;1-2H3. The van der Waals surface area contributed by atoms with Crippen LogP contribution in [0.25, 0.3) is 0 Å². The van der Waals surface area contributed by atoms with Gasteiger partial charge in [-0.2, -0.15) is 0 Å². The fraction of sp³-hybridized carbons (Fsp3) is 0.500. The Morgan fingerprint density at radius 2 is 2.24 bits per heavy atom. The molecule has 5 heteroatoms. The van der Waals surface area contributed by atoms with Crippen LogP contribution in [0.3, 0.4) is 0 Å². The molecule has 2 heterocycles. The number of rotatable bonds is 1. The maximum Gasteiger partial charge on any atom is 0.340 e. The monoisotopic (exact) mass is 256 g/mol. The maximum absolute atomic E-state index is 11.4. The number of hydrogen-bond acceptors (Lipinski definition) is 4. The van der Waals surface area contributed by atoms with Gasteiger partial charge in [-0.25, -0.2) is 4.79 Å². The van der Waals surface area contributed by atoms with Crippen LogP contribution < -0.4 is 5.32 Å². The second-order valence-corrected chi connectivity index (χ2v) is 3.71. The first-order valence-corrected chi connectivity index (χ1v) is 6.07. The summed E-state index contributed by atoms with van der Waals surface area (Å²) < 4.78 is 4.62. The van der Waals surface area contributed by atoms with E-state index in [0.717, 1.165) is 24.2 Å². The lowest BCUT2D eigenvalue weighted by Gasteiger charge is -2.18. The van der Waals surface area contributed by atoms with E-state index >= 15 is 0 Å². The third kappa shape index (κ3) is 2.96. The van der Waals surface area contributed by atoms with Gasteiger partial charge in [-0.1, -0.05) is 25.4 Å². The highest BCUT2D eigenvalue weighted by Gasteiger charge is 2.20. The molecule has 1 aromatic rings. The Morgan fingerprint density at radius 3 is 2.88 bits per heavy atom. The second-order valence-electron chi connectivity index (χ2n) is 3.33. The highest BCUT2D eigenvalue weighted by molar-refractivity contribution is 6.34. The number of fused-ring (bicyclic) bond motifs is 1. The summed E-state index contributed by atoms with van der Waals surface area (Å²) in [5.74, 6) is -0.444. The van der Waals surface area contributed by atoms with Crippen molar-refractivity contribution < 1.29 is 9.53 Å². The molecule has 0 aliphatic carbocycles. The van der Waals surface area contributed by atoms with E-state index in [-0.39, 0.29) is 0 Å². The van der Waals surface area contributed by atoms with E-state index in [0.29, 0.717) is 17.1 Å². The molecule has 0 unspecified atom stereocenters. The van der Waals surface area contributed by atoms with Gasteiger partial charge in [0.1, 0.15) is 0 Å². The molecule has 0 radical (unpaired) electrons. The third-order valence-corrected chi connectivity index (χ3v) is 2.88. The van der Waals surface area contributed by atoms with Gasteiger partial charge in [-0.3, -0.25) is 4.98 Å². The molecular weight excluding hydrogens is 240 g/mol. The minimum Gasteiger partial charge on any atom is -0.465 e. The first-order valence-electron chi connectivity index (χ1n) is 5.69. The van der Waals surface area contributed by atoms with Crippen molar-refractivity contribution in [2.45, 2.75) is 26.8 Å². The fourth-order valence-corrected chi connectivity index (χ4v) is 1.94.